The Kier molecular flexibility index (Phi) is 14.6. The number of aromatic amines is 1. The molecule has 0 atom stereocenters. The van der Waals surface area contributed by atoms with Crippen LogP contribution in [0.1, 0.15) is 0 Å². The summed E-state index contributed by atoms with van der Waals surface area (Å²) in [7, 11) is 0. The van der Waals surface area contributed by atoms with Crippen molar-refractivity contribution in [3.8, 4) is 22.6 Å². The van der Waals surface area contributed by atoms with Gasteiger partial charge in [-0.15, -0.1) is 37.2 Å². The maximum Gasteiger partial charge on any atom is 0.287 e. The summed E-state index contributed by atoms with van der Waals surface area (Å²) in [6.45, 7) is 5.68. The predicted molar refractivity (Wildman–Crippen MR) is 176 cm³/mol. The molecule has 232 valence electrons. The van der Waals surface area contributed by atoms with Crippen molar-refractivity contribution in [2.24, 2.45) is 0 Å². The smallest absolute Gasteiger partial charge is 0.287 e. The molecule has 17 heteroatoms. The van der Waals surface area contributed by atoms with E-state index in [1.807, 2.05) is 6.07 Å². The normalized spacial score (nSPS) is 12.8. The number of imidazole rings is 1. The molecule has 1 aliphatic heterocycles. The van der Waals surface area contributed by atoms with Gasteiger partial charge in [0.15, 0.2) is 0 Å². The Balaban J connectivity index is 0.00000215. The maximum atomic E-state index is 10.9. The van der Waals surface area contributed by atoms with Crippen LogP contribution < -0.4 is 10.2 Å². The lowest BCUT2D eigenvalue weighted by Crippen LogP contribution is -2.43. The summed E-state index contributed by atoms with van der Waals surface area (Å²) >= 11 is 12.8. The number of H-pyrrole nitrogens is 1. The lowest BCUT2D eigenvalue weighted by atomic mass is 10.1. The van der Waals surface area contributed by atoms with Gasteiger partial charge >= 0.3 is 0 Å². The quantitative estimate of drug-likeness (QED) is 0.150. The van der Waals surface area contributed by atoms with Crippen molar-refractivity contribution in [2.75, 3.05) is 62.7 Å². The Morgan fingerprint density at radius 1 is 1.02 bits per heavy atom. The molecule has 5 rings (SSSR count). The number of nitro groups is 1. The number of ether oxygens (including phenoxy) is 1. The summed E-state index contributed by atoms with van der Waals surface area (Å²) in [5, 5.41) is 15.2. The molecule has 0 saturated carbocycles. The fraction of sp³-hybridized carbons (Fsp3) is 0.308. The molecule has 2 N–H and O–H groups in total. The molecule has 0 radical (unpaired) electrons. The van der Waals surface area contributed by atoms with E-state index in [-0.39, 0.29) is 42.9 Å². The molecule has 1 aliphatic rings. The summed E-state index contributed by atoms with van der Waals surface area (Å²) in [5.41, 5.74) is 1.99. The van der Waals surface area contributed by atoms with Gasteiger partial charge in [-0.3, -0.25) is 15.0 Å². The zero-order chi connectivity index (χ0) is 27.9. The van der Waals surface area contributed by atoms with Crippen LogP contribution in [0.4, 0.5) is 17.5 Å². The van der Waals surface area contributed by atoms with Gasteiger partial charge in [0.05, 0.1) is 34.4 Å². The van der Waals surface area contributed by atoms with Crippen LogP contribution in [0.2, 0.25) is 10.0 Å². The number of nitrogens with one attached hydrogen (secondary N) is 2. The number of halogens is 5. The monoisotopic (exact) mass is 691 g/mol. The van der Waals surface area contributed by atoms with E-state index in [1.165, 1.54) is 12.3 Å². The number of pyridine rings is 1. The molecule has 4 heterocycles. The van der Waals surface area contributed by atoms with Gasteiger partial charge in [-0.1, -0.05) is 23.2 Å². The van der Waals surface area contributed by atoms with E-state index in [9.17, 15) is 10.1 Å². The van der Waals surface area contributed by atoms with E-state index in [1.54, 1.807) is 36.8 Å². The molecule has 0 amide bonds. The predicted octanol–water partition coefficient (Wildman–Crippen LogP) is 5.66. The first-order chi connectivity index (χ1) is 19.5. The third-order valence-electron chi connectivity index (χ3n) is 6.43. The topological polar surface area (TPSA) is 138 Å². The molecular weight excluding hydrogens is 664 g/mol. The Morgan fingerprint density at radius 3 is 2.47 bits per heavy atom. The van der Waals surface area contributed by atoms with Crippen LogP contribution in [0.15, 0.2) is 55.1 Å². The van der Waals surface area contributed by atoms with Crippen LogP contribution >= 0.6 is 60.4 Å². The van der Waals surface area contributed by atoms with Gasteiger partial charge < -0.3 is 19.9 Å². The van der Waals surface area contributed by atoms with E-state index in [0.29, 0.717) is 77.3 Å². The van der Waals surface area contributed by atoms with Crippen LogP contribution in [0.25, 0.3) is 22.6 Å². The summed E-state index contributed by atoms with van der Waals surface area (Å²) < 4.78 is 5.49. The zero-order valence-electron chi connectivity index (χ0n) is 22.7. The molecular formula is C26H30Cl5N9O3. The van der Waals surface area contributed by atoms with Crippen LogP contribution in [-0.2, 0) is 4.74 Å². The van der Waals surface area contributed by atoms with Crippen molar-refractivity contribution in [1.29, 1.82) is 0 Å². The molecule has 43 heavy (non-hydrogen) atoms. The van der Waals surface area contributed by atoms with Crippen molar-refractivity contribution in [2.45, 2.75) is 0 Å². The fourth-order valence-corrected chi connectivity index (χ4v) is 4.81. The Bertz CT molecular complexity index is 1440. The minimum absolute atomic E-state index is 0. The highest BCUT2D eigenvalue weighted by Crippen LogP contribution is 2.35. The minimum atomic E-state index is -0.474. The molecule has 1 fully saturated rings. The summed E-state index contributed by atoms with van der Waals surface area (Å²) in [6.07, 6.45) is 6.39. The lowest BCUT2D eigenvalue weighted by molar-refractivity contribution is -0.385. The van der Waals surface area contributed by atoms with Crippen molar-refractivity contribution < 1.29 is 9.66 Å². The van der Waals surface area contributed by atoms with E-state index in [2.05, 4.69) is 30.1 Å². The van der Waals surface area contributed by atoms with Crippen molar-refractivity contribution in [1.82, 2.24) is 29.8 Å². The summed E-state index contributed by atoms with van der Waals surface area (Å²) in [6, 6.07) is 8.30. The standard InChI is InChI=1S/C26H27Cl2N9O3.3ClH/c27-18-1-3-20(22(28)15-18)24-21(25-30-5-6-31-25)17-33-26(34-24)36(10-9-35-11-13-40-14-12-35)8-7-29-23-4-2-19(16-32-23)37(38)39;;;/h1-6,15-17H,7-14H2,(H,29,32)(H,30,31);3*1H. The fourth-order valence-electron chi connectivity index (χ4n) is 4.31. The second-order valence-corrected chi connectivity index (χ2v) is 9.86. The molecule has 0 unspecified atom stereocenters. The second kappa shape index (κ2) is 17.4. The van der Waals surface area contributed by atoms with Crippen molar-refractivity contribution >= 4 is 77.9 Å². The average molecular weight is 694 g/mol. The number of nitrogens with zero attached hydrogens (tertiary/aromatic N) is 7. The highest BCUT2D eigenvalue weighted by Gasteiger charge is 2.20. The SMILES string of the molecule is Cl.Cl.Cl.O=[N+]([O-])c1ccc(NCCN(CCN2CCOCC2)c2ncc(-c3ncc[nH]3)c(-c3ccc(Cl)cc3Cl)n2)nc1. The molecule has 12 nitrogen and oxygen atoms in total. The first-order valence-corrected chi connectivity index (χ1v) is 13.4. The van der Waals surface area contributed by atoms with E-state index in [4.69, 9.17) is 37.9 Å². The molecule has 1 saturated heterocycles. The van der Waals surface area contributed by atoms with E-state index >= 15 is 0 Å². The van der Waals surface area contributed by atoms with Gasteiger partial charge in [0.2, 0.25) is 5.95 Å². The Hall–Kier alpha value is -2.97. The summed E-state index contributed by atoms with van der Waals surface area (Å²) in [4.78, 5) is 36.2. The van der Waals surface area contributed by atoms with Crippen molar-refractivity contribution in [3.05, 3.63) is 75.3 Å². The van der Waals surface area contributed by atoms with Crippen LogP contribution in [0.3, 0.4) is 0 Å². The van der Waals surface area contributed by atoms with Crippen LogP contribution in [-0.4, -0.2) is 87.2 Å². The zero-order valence-corrected chi connectivity index (χ0v) is 26.7. The van der Waals surface area contributed by atoms with Gasteiger partial charge in [-0.25, -0.2) is 19.9 Å². The first kappa shape index (κ1) is 36.2. The van der Waals surface area contributed by atoms with Gasteiger partial charge in [0.1, 0.15) is 17.8 Å². The third-order valence-corrected chi connectivity index (χ3v) is 6.98. The Labute approximate surface area is 277 Å². The third kappa shape index (κ3) is 9.51. The van der Waals surface area contributed by atoms with Crippen LogP contribution in [0.5, 0.6) is 0 Å². The largest absolute Gasteiger partial charge is 0.379 e. The molecule has 1 aromatic carbocycles. The number of hydrogen-bond acceptors (Lipinski definition) is 10. The van der Waals surface area contributed by atoms with E-state index in [0.717, 1.165) is 19.6 Å². The van der Waals surface area contributed by atoms with Gasteiger partial charge in [0.25, 0.3) is 5.69 Å². The number of rotatable bonds is 11. The molecule has 0 spiro atoms. The summed E-state index contributed by atoms with van der Waals surface area (Å²) in [5.74, 6) is 1.70. The molecule has 3 aromatic heterocycles. The molecule has 0 aliphatic carbocycles. The van der Waals surface area contributed by atoms with Gasteiger partial charge in [-0.2, -0.15) is 0 Å². The average Bonchev–Trinajstić information content (AvgIpc) is 3.50. The van der Waals surface area contributed by atoms with E-state index < -0.39 is 4.92 Å². The van der Waals surface area contributed by atoms with Gasteiger partial charge in [0, 0.05) is 74.5 Å². The second-order valence-electron chi connectivity index (χ2n) is 9.02. The lowest BCUT2D eigenvalue weighted by Gasteiger charge is -2.30. The number of benzene rings is 1. The van der Waals surface area contributed by atoms with Crippen molar-refractivity contribution in [3.63, 3.8) is 0 Å². The first-order valence-electron chi connectivity index (χ1n) is 12.7. The highest BCUT2D eigenvalue weighted by molar-refractivity contribution is 6.36. The minimum Gasteiger partial charge on any atom is -0.379 e. The number of anilines is 2. The highest BCUT2D eigenvalue weighted by atomic mass is 35.5. The number of morpholine rings is 1. The molecule has 4 aromatic rings. The maximum absolute atomic E-state index is 10.9. The number of hydrogen-bond donors (Lipinski definition) is 2. The van der Waals surface area contributed by atoms with Gasteiger partial charge in [-0.05, 0) is 24.3 Å². The Morgan fingerprint density at radius 2 is 1.81 bits per heavy atom. The molecule has 0 bridgehead atoms. The van der Waals surface area contributed by atoms with Crippen LogP contribution in [0, 0.1) is 10.1 Å². The number of aromatic nitrogens is 5.